The number of hydrogen-bond donors (Lipinski definition) is 1. The minimum atomic E-state index is 0.140. The predicted octanol–water partition coefficient (Wildman–Crippen LogP) is 4.00. The molecule has 1 aromatic rings. The van der Waals surface area contributed by atoms with E-state index in [1.807, 2.05) is 13.0 Å². The molecule has 2 N–H and O–H groups in total. The molecule has 2 rings (SSSR count). The van der Waals surface area contributed by atoms with Crippen molar-refractivity contribution in [2.45, 2.75) is 58.0 Å². The number of hydrogen-bond acceptors (Lipinski definition) is 2. The highest BCUT2D eigenvalue weighted by molar-refractivity contribution is 6.31. The zero-order chi connectivity index (χ0) is 13.8. The van der Waals surface area contributed by atoms with Gasteiger partial charge in [0.25, 0.3) is 0 Å². The molecule has 0 spiro atoms. The second-order valence-electron chi connectivity index (χ2n) is 5.64. The van der Waals surface area contributed by atoms with Gasteiger partial charge in [-0.2, -0.15) is 0 Å². The number of benzene rings is 1. The number of rotatable bonds is 5. The monoisotopic (exact) mass is 280 g/mol. The lowest BCUT2D eigenvalue weighted by Crippen LogP contribution is -2.34. The molecule has 19 heavy (non-hydrogen) atoms. The second-order valence-corrected chi connectivity index (χ2v) is 6.05. The van der Waals surface area contributed by atoms with Gasteiger partial charge in [-0.05, 0) is 50.8 Å². The molecule has 1 unspecified atom stereocenters. The standard InChI is InChI=1S/C16H25ClN2/c1-3-19(13-7-4-5-8-13)16-10-6-9-15(17)14(16)11-12(2)18/h6,9-10,12-13H,3-5,7-8,11,18H2,1-2H3. The Bertz CT molecular complexity index is 411. The molecule has 1 aromatic carbocycles. The van der Waals surface area contributed by atoms with E-state index in [-0.39, 0.29) is 6.04 Å². The van der Waals surface area contributed by atoms with E-state index in [4.69, 9.17) is 17.3 Å². The van der Waals surface area contributed by atoms with Gasteiger partial charge in [0.1, 0.15) is 0 Å². The molecule has 3 heteroatoms. The van der Waals surface area contributed by atoms with Gasteiger partial charge in [0.15, 0.2) is 0 Å². The van der Waals surface area contributed by atoms with Crippen LogP contribution in [-0.4, -0.2) is 18.6 Å². The highest BCUT2D eigenvalue weighted by Crippen LogP contribution is 2.33. The van der Waals surface area contributed by atoms with E-state index in [1.165, 1.54) is 36.9 Å². The topological polar surface area (TPSA) is 29.3 Å². The zero-order valence-electron chi connectivity index (χ0n) is 12.0. The molecule has 2 nitrogen and oxygen atoms in total. The second kappa shape index (κ2) is 6.62. The van der Waals surface area contributed by atoms with Gasteiger partial charge in [-0.25, -0.2) is 0 Å². The lowest BCUT2D eigenvalue weighted by Gasteiger charge is -2.32. The van der Waals surface area contributed by atoms with E-state index in [0.29, 0.717) is 6.04 Å². The van der Waals surface area contributed by atoms with Crippen molar-refractivity contribution in [3.8, 4) is 0 Å². The van der Waals surface area contributed by atoms with Crippen LogP contribution in [-0.2, 0) is 6.42 Å². The van der Waals surface area contributed by atoms with E-state index < -0.39 is 0 Å². The van der Waals surface area contributed by atoms with Crippen molar-refractivity contribution in [3.63, 3.8) is 0 Å². The fraction of sp³-hybridized carbons (Fsp3) is 0.625. The molecule has 0 amide bonds. The molecule has 0 radical (unpaired) electrons. The summed E-state index contributed by atoms with van der Waals surface area (Å²) in [6, 6.07) is 7.05. The first-order valence-electron chi connectivity index (χ1n) is 7.43. The van der Waals surface area contributed by atoms with Gasteiger partial charge in [0.05, 0.1) is 0 Å². The van der Waals surface area contributed by atoms with Crippen LogP contribution in [0.25, 0.3) is 0 Å². The van der Waals surface area contributed by atoms with E-state index >= 15 is 0 Å². The van der Waals surface area contributed by atoms with Gasteiger partial charge in [0, 0.05) is 29.3 Å². The number of nitrogens with two attached hydrogens (primary N) is 1. The van der Waals surface area contributed by atoms with Crippen molar-refractivity contribution in [3.05, 3.63) is 28.8 Å². The normalized spacial score (nSPS) is 17.7. The molecule has 0 saturated heterocycles. The maximum Gasteiger partial charge on any atom is 0.0459 e. The maximum absolute atomic E-state index is 6.40. The van der Waals surface area contributed by atoms with Gasteiger partial charge in [0.2, 0.25) is 0 Å². The Balaban J connectivity index is 2.32. The molecule has 1 fully saturated rings. The Labute approximate surface area is 121 Å². The maximum atomic E-state index is 6.40. The lowest BCUT2D eigenvalue weighted by atomic mass is 10.0. The summed E-state index contributed by atoms with van der Waals surface area (Å²) in [6.07, 6.45) is 6.16. The van der Waals surface area contributed by atoms with Gasteiger partial charge < -0.3 is 10.6 Å². The van der Waals surface area contributed by atoms with Crippen LogP contribution in [0, 0.1) is 0 Å². The van der Waals surface area contributed by atoms with E-state index in [9.17, 15) is 0 Å². The van der Waals surface area contributed by atoms with Crippen molar-refractivity contribution >= 4 is 17.3 Å². The van der Waals surface area contributed by atoms with E-state index in [1.54, 1.807) is 0 Å². The summed E-state index contributed by atoms with van der Waals surface area (Å²) < 4.78 is 0. The molecule has 0 bridgehead atoms. The van der Waals surface area contributed by atoms with Gasteiger partial charge in [-0.3, -0.25) is 0 Å². The van der Waals surface area contributed by atoms with Crippen molar-refractivity contribution in [2.75, 3.05) is 11.4 Å². The van der Waals surface area contributed by atoms with Crippen LogP contribution < -0.4 is 10.6 Å². The molecule has 1 aliphatic carbocycles. The summed E-state index contributed by atoms with van der Waals surface area (Å²) >= 11 is 6.40. The summed E-state index contributed by atoms with van der Waals surface area (Å²) in [5.41, 5.74) is 8.49. The first-order valence-corrected chi connectivity index (χ1v) is 7.81. The van der Waals surface area contributed by atoms with E-state index in [0.717, 1.165) is 18.0 Å². The fourth-order valence-corrected chi connectivity index (χ4v) is 3.43. The number of anilines is 1. The summed E-state index contributed by atoms with van der Waals surface area (Å²) in [4.78, 5) is 2.52. The minimum absolute atomic E-state index is 0.140. The lowest BCUT2D eigenvalue weighted by molar-refractivity contribution is 0.614. The number of halogens is 1. The van der Waals surface area contributed by atoms with Crippen LogP contribution in [0.2, 0.25) is 5.02 Å². The van der Waals surface area contributed by atoms with Crippen molar-refractivity contribution in [2.24, 2.45) is 5.73 Å². The molecular formula is C16H25ClN2. The van der Waals surface area contributed by atoms with Crippen LogP contribution in [0.1, 0.15) is 45.1 Å². The Morgan fingerprint density at radius 3 is 2.63 bits per heavy atom. The minimum Gasteiger partial charge on any atom is -0.369 e. The third-order valence-electron chi connectivity index (χ3n) is 4.04. The van der Waals surface area contributed by atoms with Crippen LogP contribution >= 0.6 is 11.6 Å². The van der Waals surface area contributed by atoms with Gasteiger partial charge in [-0.15, -0.1) is 0 Å². The Kier molecular flexibility index (Phi) is 5.12. The summed E-state index contributed by atoms with van der Waals surface area (Å²) in [5.74, 6) is 0. The van der Waals surface area contributed by atoms with Crippen molar-refractivity contribution in [1.82, 2.24) is 0 Å². The van der Waals surface area contributed by atoms with Gasteiger partial charge in [-0.1, -0.05) is 30.5 Å². The molecule has 1 aliphatic rings. The molecule has 1 saturated carbocycles. The fourth-order valence-electron chi connectivity index (χ4n) is 3.18. The zero-order valence-corrected chi connectivity index (χ0v) is 12.8. The molecule has 0 heterocycles. The average Bonchev–Trinajstić information content (AvgIpc) is 2.87. The Morgan fingerprint density at radius 2 is 2.05 bits per heavy atom. The summed E-state index contributed by atoms with van der Waals surface area (Å²) in [7, 11) is 0. The van der Waals surface area contributed by atoms with Crippen LogP contribution in [0.5, 0.6) is 0 Å². The highest BCUT2D eigenvalue weighted by atomic mass is 35.5. The van der Waals surface area contributed by atoms with Crippen molar-refractivity contribution in [1.29, 1.82) is 0 Å². The Morgan fingerprint density at radius 1 is 1.37 bits per heavy atom. The molecule has 0 aliphatic heterocycles. The molecule has 0 aromatic heterocycles. The Hall–Kier alpha value is -0.730. The first kappa shape index (κ1) is 14.7. The molecular weight excluding hydrogens is 256 g/mol. The molecule has 106 valence electrons. The van der Waals surface area contributed by atoms with E-state index in [2.05, 4.69) is 24.0 Å². The largest absolute Gasteiger partial charge is 0.369 e. The van der Waals surface area contributed by atoms with Crippen molar-refractivity contribution < 1.29 is 0 Å². The first-order chi connectivity index (χ1) is 9.13. The SMILES string of the molecule is CCN(c1cccc(Cl)c1CC(C)N)C1CCCC1. The van der Waals surface area contributed by atoms with Crippen LogP contribution in [0.4, 0.5) is 5.69 Å². The van der Waals surface area contributed by atoms with Crippen LogP contribution in [0.15, 0.2) is 18.2 Å². The highest BCUT2D eigenvalue weighted by Gasteiger charge is 2.24. The molecule has 1 atom stereocenters. The third-order valence-corrected chi connectivity index (χ3v) is 4.39. The third kappa shape index (κ3) is 3.43. The smallest absolute Gasteiger partial charge is 0.0459 e. The predicted molar refractivity (Wildman–Crippen MR) is 84.1 cm³/mol. The van der Waals surface area contributed by atoms with Crippen LogP contribution in [0.3, 0.4) is 0 Å². The number of nitrogens with zero attached hydrogens (tertiary/aromatic N) is 1. The summed E-state index contributed by atoms with van der Waals surface area (Å²) in [6.45, 7) is 5.31. The summed E-state index contributed by atoms with van der Waals surface area (Å²) in [5, 5.41) is 0.853. The quantitative estimate of drug-likeness (QED) is 0.883. The average molecular weight is 281 g/mol. The van der Waals surface area contributed by atoms with Gasteiger partial charge >= 0.3 is 0 Å².